The Morgan fingerprint density at radius 3 is 2.58 bits per heavy atom. The zero-order valence-electron chi connectivity index (χ0n) is 10.7. The number of carbonyl (C=O) groups is 1. The van der Waals surface area contributed by atoms with Crippen molar-refractivity contribution in [2.75, 3.05) is 0 Å². The fourth-order valence-electron chi connectivity index (χ4n) is 1.81. The molecule has 2 rings (SSSR count). The van der Waals surface area contributed by atoms with E-state index in [9.17, 15) is 4.79 Å². The summed E-state index contributed by atoms with van der Waals surface area (Å²) in [5, 5.41) is 9.91. The zero-order chi connectivity index (χ0) is 13.8. The quantitative estimate of drug-likeness (QED) is 0.847. The van der Waals surface area contributed by atoms with E-state index in [1.165, 1.54) is 11.3 Å². The van der Waals surface area contributed by atoms with Gasteiger partial charge in [-0.2, -0.15) is 0 Å². The molecule has 0 saturated heterocycles. The van der Waals surface area contributed by atoms with E-state index in [4.69, 9.17) is 5.11 Å². The predicted molar refractivity (Wildman–Crippen MR) is 77.4 cm³/mol. The molecule has 0 aliphatic rings. The van der Waals surface area contributed by atoms with Gasteiger partial charge in [0.25, 0.3) is 0 Å². The van der Waals surface area contributed by atoms with Gasteiger partial charge in [-0.25, -0.2) is 4.98 Å². The standard InChI is InChI=1S/C15H15NO2S/c1-10(2)8-13-16-15(11-6-4-3-5-7-11)12(19-13)9-14(17)18/h3-7H,1,8-9H2,2H3,(H,17,18). The van der Waals surface area contributed by atoms with E-state index in [2.05, 4.69) is 11.6 Å². The van der Waals surface area contributed by atoms with E-state index in [1.54, 1.807) is 0 Å². The van der Waals surface area contributed by atoms with Crippen LogP contribution in [0, 0.1) is 0 Å². The monoisotopic (exact) mass is 273 g/mol. The summed E-state index contributed by atoms with van der Waals surface area (Å²) in [6, 6.07) is 9.69. The van der Waals surface area contributed by atoms with Crippen molar-refractivity contribution in [3.8, 4) is 11.3 Å². The number of allylic oxidation sites excluding steroid dienone is 1. The first-order valence-electron chi connectivity index (χ1n) is 5.96. The van der Waals surface area contributed by atoms with Crippen molar-refractivity contribution in [3.05, 3.63) is 52.4 Å². The largest absolute Gasteiger partial charge is 0.481 e. The van der Waals surface area contributed by atoms with Crippen LogP contribution >= 0.6 is 11.3 Å². The molecule has 2 aromatic rings. The molecule has 0 radical (unpaired) electrons. The van der Waals surface area contributed by atoms with Gasteiger partial charge >= 0.3 is 5.97 Å². The Kier molecular flexibility index (Phi) is 4.12. The molecular formula is C15H15NO2S. The number of hydrogen-bond donors (Lipinski definition) is 1. The summed E-state index contributed by atoms with van der Waals surface area (Å²) in [6.45, 7) is 5.82. The third kappa shape index (κ3) is 3.51. The molecule has 19 heavy (non-hydrogen) atoms. The number of carboxylic acid groups (broad SMARTS) is 1. The fourth-order valence-corrected chi connectivity index (χ4v) is 3.01. The molecule has 1 aromatic heterocycles. The summed E-state index contributed by atoms with van der Waals surface area (Å²) in [4.78, 5) is 16.3. The number of carboxylic acids is 1. The SMILES string of the molecule is C=C(C)Cc1nc(-c2ccccc2)c(CC(=O)O)s1. The summed E-state index contributed by atoms with van der Waals surface area (Å²) in [5.41, 5.74) is 2.77. The van der Waals surface area contributed by atoms with Gasteiger partial charge in [0, 0.05) is 16.9 Å². The van der Waals surface area contributed by atoms with Crippen LogP contribution in [0.3, 0.4) is 0 Å². The molecule has 0 fully saturated rings. The molecule has 4 heteroatoms. The molecule has 1 aromatic carbocycles. The molecule has 0 amide bonds. The fraction of sp³-hybridized carbons (Fsp3) is 0.200. The number of aliphatic carboxylic acids is 1. The van der Waals surface area contributed by atoms with Crippen LogP contribution in [0.1, 0.15) is 16.8 Å². The van der Waals surface area contributed by atoms with Crippen molar-refractivity contribution in [3.63, 3.8) is 0 Å². The molecule has 0 spiro atoms. The molecule has 0 atom stereocenters. The molecule has 0 aliphatic heterocycles. The van der Waals surface area contributed by atoms with E-state index >= 15 is 0 Å². The minimum Gasteiger partial charge on any atom is -0.481 e. The van der Waals surface area contributed by atoms with E-state index in [0.717, 1.165) is 26.7 Å². The van der Waals surface area contributed by atoms with Crippen molar-refractivity contribution < 1.29 is 9.90 Å². The zero-order valence-corrected chi connectivity index (χ0v) is 11.5. The maximum absolute atomic E-state index is 10.9. The first-order chi connectivity index (χ1) is 9.06. The van der Waals surface area contributed by atoms with Crippen molar-refractivity contribution >= 4 is 17.3 Å². The smallest absolute Gasteiger partial charge is 0.308 e. The molecule has 1 N–H and O–H groups in total. The number of hydrogen-bond acceptors (Lipinski definition) is 3. The first kappa shape index (κ1) is 13.5. The molecule has 0 aliphatic carbocycles. The number of aromatic nitrogens is 1. The Morgan fingerprint density at radius 1 is 1.32 bits per heavy atom. The lowest BCUT2D eigenvalue weighted by atomic mass is 10.1. The van der Waals surface area contributed by atoms with Crippen LogP contribution in [-0.4, -0.2) is 16.1 Å². The van der Waals surface area contributed by atoms with Gasteiger partial charge in [-0.15, -0.1) is 11.3 Å². The topological polar surface area (TPSA) is 50.2 Å². The maximum atomic E-state index is 10.9. The summed E-state index contributed by atoms with van der Waals surface area (Å²) in [5.74, 6) is -0.831. The van der Waals surface area contributed by atoms with Crippen LogP contribution in [0.15, 0.2) is 42.5 Å². The molecule has 0 bridgehead atoms. The highest BCUT2D eigenvalue weighted by Gasteiger charge is 2.15. The Hall–Kier alpha value is -1.94. The van der Waals surface area contributed by atoms with E-state index in [-0.39, 0.29) is 6.42 Å². The maximum Gasteiger partial charge on any atom is 0.308 e. The third-order valence-corrected chi connectivity index (χ3v) is 3.61. The van der Waals surface area contributed by atoms with Gasteiger partial charge in [-0.05, 0) is 6.92 Å². The molecule has 1 heterocycles. The minimum atomic E-state index is -0.831. The normalized spacial score (nSPS) is 10.4. The Bertz CT molecular complexity index is 602. The highest BCUT2D eigenvalue weighted by atomic mass is 32.1. The van der Waals surface area contributed by atoms with Crippen LogP contribution in [-0.2, 0) is 17.6 Å². The van der Waals surface area contributed by atoms with Crippen LogP contribution in [0.4, 0.5) is 0 Å². The average molecular weight is 273 g/mol. The van der Waals surface area contributed by atoms with Crippen molar-refractivity contribution in [2.45, 2.75) is 19.8 Å². The summed E-state index contributed by atoms with van der Waals surface area (Å²) < 4.78 is 0. The minimum absolute atomic E-state index is 0.0120. The summed E-state index contributed by atoms with van der Waals surface area (Å²) in [6.07, 6.45) is 0.711. The van der Waals surface area contributed by atoms with Crippen molar-refractivity contribution in [1.82, 2.24) is 4.98 Å². The van der Waals surface area contributed by atoms with Crippen LogP contribution in [0.2, 0.25) is 0 Å². The first-order valence-corrected chi connectivity index (χ1v) is 6.78. The van der Waals surface area contributed by atoms with Gasteiger partial charge < -0.3 is 5.11 Å². The Labute approximate surface area is 116 Å². The lowest BCUT2D eigenvalue weighted by molar-refractivity contribution is -0.136. The van der Waals surface area contributed by atoms with Crippen molar-refractivity contribution in [1.29, 1.82) is 0 Å². The van der Waals surface area contributed by atoms with Gasteiger partial charge in [-0.1, -0.05) is 42.5 Å². The third-order valence-electron chi connectivity index (χ3n) is 2.55. The van der Waals surface area contributed by atoms with E-state index < -0.39 is 5.97 Å². The summed E-state index contributed by atoms with van der Waals surface area (Å²) in [7, 11) is 0. The van der Waals surface area contributed by atoms with Gasteiger partial charge in [-0.3, -0.25) is 4.79 Å². The Morgan fingerprint density at radius 2 is 2.00 bits per heavy atom. The van der Waals surface area contributed by atoms with Gasteiger partial charge in [0.05, 0.1) is 17.1 Å². The average Bonchev–Trinajstić information content (AvgIpc) is 2.71. The van der Waals surface area contributed by atoms with Gasteiger partial charge in [0.1, 0.15) is 0 Å². The van der Waals surface area contributed by atoms with Gasteiger partial charge in [0.15, 0.2) is 0 Å². The van der Waals surface area contributed by atoms with Gasteiger partial charge in [0.2, 0.25) is 0 Å². The number of rotatable bonds is 5. The second kappa shape index (κ2) is 5.80. The number of nitrogens with zero attached hydrogens (tertiary/aromatic N) is 1. The van der Waals surface area contributed by atoms with E-state index in [1.807, 2.05) is 37.3 Å². The summed E-state index contributed by atoms with van der Waals surface area (Å²) >= 11 is 1.46. The van der Waals surface area contributed by atoms with Crippen LogP contribution in [0.25, 0.3) is 11.3 Å². The molecular weight excluding hydrogens is 258 g/mol. The number of benzene rings is 1. The van der Waals surface area contributed by atoms with E-state index in [0.29, 0.717) is 6.42 Å². The molecule has 0 unspecified atom stereocenters. The lowest BCUT2D eigenvalue weighted by Crippen LogP contribution is -1.99. The second-order valence-electron chi connectivity index (χ2n) is 4.45. The predicted octanol–water partition coefficient (Wildman–Crippen LogP) is 3.56. The highest BCUT2D eigenvalue weighted by Crippen LogP contribution is 2.29. The second-order valence-corrected chi connectivity index (χ2v) is 5.62. The van der Waals surface area contributed by atoms with Crippen molar-refractivity contribution in [2.24, 2.45) is 0 Å². The molecule has 3 nitrogen and oxygen atoms in total. The molecule has 98 valence electrons. The lowest BCUT2D eigenvalue weighted by Gasteiger charge is -1.99. The molecule has 0 saturated carbocycles. The highest BCUT2D eigenvalue weighted by molar-refractivity contribution is 7.12. The van der Waals surface area contributed by atoms with Crippen LogP contribution in [0.5, 0.6) is 0 Å². The van der Waals surface area contributed by atoms with Crippen LogP contribution < -0.4 is 0 Å². The Balaban J connectivity index is 2.42. The number of thiazole rings is 1.